The zero-order chi connectivity index (χ0) is 28.1. The molecule has 0 radical (unpaired) electrons. The fourth-order valence-corrected chi connectivity index (χ4v) is 4.33. The van der Waals surface area contributed by atoms with E-state index in [0.717, 1.165) is 5.56 Å². The van der Waals surface area contributed by atoms with E-state index in [1.807, 2.05) is 0 Å². The second-order valence-corrected chi connectivity index (χ2v) is 9.14. The maximum Gasteiger partial charge on any atom is 0.353 e. The lowest BCUT2D eigenvalue weighted by atomic mass is 9.91. The highest BCUT2D eigenvalue weighted by atomic mass is 35.5. The summed E-state index contributed by atoms with van der Waals surface area (Å²) in [5, 5.41) is 28.8. The van der Waals surface area contributed by atoms with Crippen molar-refractivity contribution < 1.29 is 14.4 Å². The number of methoxy groups -OCH3 is 2. The van der Waals surface area contributed by atoms with Gasteiger partial charge in [-0.1, -0.05) is 41.4 Å². The summed E-state index contributed by atoms with van der Waals surface area (Å²) in [5.41, 5.74) is 2.57. The van der Waals surface area contributed by atoms with Gasteiger partial charge in [0.2, 0.25) is 11.6 Å². The second kappa shape index (κ2) is 11.9. The standard InChI is InChI=1S/C27H22Cl2N6O4/c1-15-10-19(20(13-30)16-4-6-17(28)7-5-16)21(29)12-23(15)34-27-25(35(36)37)26(31-14-32-27)33-22-9-8-18(38-2)11-24(22)39-3/h4-12,14,20H,1-3H3,(H2,31,32,33,34). The summed E-state index contributed by atoms with van der Waals surface area (Å²) in [7, 11) is 3.00. The first-order valence-corrected chi connectivity index (χ1v) is 12.2. The third-order valence-electron chi connectivity index (χ3n) is 5.91. The first-order valence-electron chi connectivity index (χ1n) is 11.5. The normalized spacial score (nSPS) is 11.3. The minimum atomic E-state index is -0.633. The zero-order valence-electron chi connectivity index (χ0n) is 21.0. The van der Waals surface area contributed by atoms with Crippen molar-refractivity contribution in [3.63, 3.8) is 0 Å². The molecule has 0 aliphatic rings. The predicted octanol–water partition coefficient (Wildman–Crippen LogP) is 7.16. The minimum absolute atomic E-state index is 0.0476. The molecule has 198 valence electrons. The van der Waals surface area contributed by atoms with E-state index in [4.69, 9.17) is 32.7 Å². The third kappa shape index (κ3) is 5.95. The van der Waals surface area contributed by atoms with Crippen LogP contribution in [-0.2, 0) is 0 Å². The molecule has 1 heterocycles. The average molecular weight is 565 g/mol. The molecule has 4 aromatic rings. The van der Waals surface area contributed by atoms with E-state index in [-0.39, 0.29) is 17.3 Å². The molecule has 0 aliphatic heterocycles. The number of rotatable bonds is 9. The van der Waals surface area contributed by atoms with Crippen molar-refractivity contribution in [1.29, 1.82) is 5.26 Å². The lowest BCUT2D eigenvalue weighted by molar-refractivity contribution is -0.383. The third-order valence-corrected chi connectivity index (χ3v) is 6.49. The monoisotopic (exact) mass is 564 g/mol. The molecule has 3 aromatic carbocycles. The van der Waals surface area contributed by atoms with Gasteiger partial charge in [-0.05, 0) is 53.9 Å². The van der Waals surface area contributed by atoms with Gasteiger partial charge in [0.15, 0.2) is 0 Å². The van der Waals surface area contributed by atoms with E-state index >= 15 is 0 Å². The molecule has 0 saturated carbocycles. The van der Waals surface area contributed by atoms with Crippen molar-refractivity contribution in [2.45, 2.75) is 12.8 Å². The van der Waals surface area contributed by atoms with Crippen LogP contribution < -0.4 is 20.1 Å². The Morgan fingerprint density at radius 1 is 0.974 bits per heavy atom. The lowest BCUT2D eigenvalue weighted by Gasteiger charge is -2.17. The molecule has 12 heteroatoms. The molecule has 39 heavy (non-hydrogen) atoms. The lowest BCUT2D eigenvalue weighted by Crippen LogP contribution is -2.07. The summed E-state index contributed by atoms with van der Waals surface area (Å²) in [6.07, 6.45) is 1.20. The van der Waals surface area contributed by atoms with E-state index in [0.29, 0.717) is 44.0 Å². The maximum atomic E-state index is 12.1. The molecule has 1 atom stereocenters. The fourth-order valence-electron chi connectivity index (χ4n) is 3.93. The topological polar surface area (TPSA) is 135 Å². The first kappa shape index (κ1) is 27.4. The van der Waals surface area contributed by atoms with Crippen molar-refractivity contribution in [3.8, 4) is 17.6 Å². The Hall–Kier alpha value is -4.59. The van der Waals surface area contributed by atoms with Crippen LogP contribution in [-0.4, -0.2) is 29.1 Å². The quantitative estimate of drug-likeness (QED) is 0.160. The maximum absolute atomic E-state index is 12.1. The number of aromatic nitrogens is 2. The molecule has 0 bridgehead atoms. The number of nitrogens with one attached hydrogen (secondary N) is 2. The van der Waals surface area contributed by atoms with E-state index in [1.165, 1.54) is 20.5 Å². The molecule has 0 amide bonds. The van der Waals surface area contributed by atoms with Crippen molar-refractivity contribution >= 4 is 51.9 Å². The van der Waals surface area contributed by atoms with Crippen LogP contribution in [0.1, 0.15) is 22.6 Å². The highest BCUT2D eigenvalue weighted by molar-refractivity contribution is 6.32. The minimum Gasteiger partial charge on any atom is -0.497 e. The Morgan fingerprint density at radius 3 is 2.23 bits per heavy atom. The van der Waals surface area contributed by atoms with Gasteiger partial charge in [-0.25, -0.2) is 9.97 Å². The van der Waals surface area contributed by atoms with Gasteiger partial charge in [0.1, 0.15) is 17.8 Å². The van der Waals surface area contributed by atoms with Crippen molar-refractivity contribution in [2.75, 3.05) is 24.9 Å². The number of benzene rings is 3. The number of aryl methyl sites for hydroxylation is 1. The first-order chi connectivity index (χ1) is 18.7. The predicted molar refractivity (Wildman–Crippen MR) is 150 cm³/mol. The highest BCUT2D eigenvalue weighted by Crippen LogP contribution is 2.39. The summed E-state index contributed by atoms with van der Waals surface area (Å²) < 4.78 is 10.6. The smallest absolute Gasteiger partial charge is 0.353 e. The number of halogens is 2. The van der Waals surface area contributed by atoms with Crippen molar-refractivity contribution in [1.82, 2.24) is 9.97 Å². The second-order valence-electron chi connectivity index (χ2n) is 8.30. The van der Waals surface area contributed by atoms with Crippen LogP contribution >= 0.6 is 23.2 Å². The van der Waals surface area contributed by atoms with E-state index < -0.39 is 10.8 Å². The molecule has 1 aromatic heterocycles. The van der Waals surface area contributed by atoms with Gasteiger partial charge in [-0.2, -0.15) is 5.26 Å². The zero-order valence-corrected chi connectivity index (χ0v) is 22.5. The molecule has 0 spiro atoms. The van der Waals surface area contributed by atoms with Crippen LogP contribution in [0.2, 0.25) is 10.0 Å². The number of hydrogen-bond donors (Lipinski definition) is 2. The van der Waals surface area contributed by atoms with Crippen molar-refractivity contribution in [3.05, 3.63) is 97.8 Å². The largest absolute Gasteiger partial charge is 0.497 e. The molecule has 0 fully saturated rings. The summed E-state index contributed by atoms with van der Waals surface area (Å²) in [5.74, 6) is 0.233. The summed E-state index contributed by atoms with van der Waals surface area (Å²) >= 11 is 12.6. The van der Waals surface area contributed by atoms with E-state index in [2.05, 4.69) is 26.7 Å². The van der Waals surface area contributed by atoms with Gasteiger partial charge in [-0.3, -0.25) is 10.1 Å². The van der Waals surface area contributed by atoms with Gasteiger partial charge < -0.3 is 20.1 Å². The van der Waals surface area contributed by atoms with Gasteiger partial charge >= 0.3 is 5.69 Å². The van der Waals surface area contributed by atoms with Gasteiger partial charge in [0, 0.05) is 21.8 Å². The number of nitriles is 1. The average Bonchev–Trinajstić information content (AvgIpc) is 2.92. The SMILES string of the molecule is COc1ccc(Nc2ncnc(Nc3cc(Cl)c(C(C#N)c4ccc(Cl)cc4)cc3C)c2[N+](=O)[O-])c(OC)c1. The van der Waals surface area contributed by atoms with Gasteiger partial charge in [0.25, 0.3) is 0 Å². The van der Waals surface area contributed by atoms with Crippen molar-refractivity contribution in [2.24, 2.45) is 0 Å². The van der Waals surface area contributed by atoms with Crippen LogP contribution in [0.15, 0.2) is 60.9 Å². The number of hydrogen-bond acceptors (Lipinski definition) is 9. The summed E-state index contributed by atoms with van der Waals surface area (Å²) in [4.78, 5) is 19.7. The molecule has 10 nitrogen and oxygen atoms in total. The number of nitro groups is 1. The van der Waals surface area contributed by atoms with E-state index in [9.17, 15) is 15.4 Å². The number of ether oxygens (including phenoxy) is 2. The highest BCUT2D eigenvalue weighted by Gasteiger charge is 2.25. The number of anilines is 4. The van der Waals surface area contributed by atoms with Crippen LogP contribution in [0, 0.1) is 28.4 Å². The van der Waals surface area contributed by atoms with Crippen LogP contribution in [0.3, 0.4) is 0 Å². The molecule has 4 rings (SSSR count). The fraction of sp³-hybridized carbons (Fsp3) is 0.148. The number of nitrogens with zero attached hydrogens (tertiary/aromatic N) is 4. The molecule has 0 saturated heterocycles. The molecule has 2 N–H and O–H groups in total. The molecule has 0 aliphatic carbocycles. The van der Waals surface area contributed by atoms with Gasteiger partial charge in [-0.15, -0.1) is 0 Å². The van der Waals surface area contributed by atoms with Crippen LogP contribution in [0.4, 0.5) is 28.7 Å². The Bertz CT molecular complexity index is 1570. The van der Waals surface area contributed by atoms with Gasteiger partial charge in [0.05, 0.1) is 36.8 Å². The molecular weight excluding hydrogens is 543 g/mol. The summed E-state index contributed by atoms with van der Waals surface area (Å²) in [6.45, 7) is 1.80. The Morgan fingerprint density at radius 2 is 1.64 bits per heavy atom. The van der Waals surface area contributed by atoms with Crippen LogP contribution in [0.25, 0.3) is 0 Å². The summed E-state index contributed by atoms with van der Waals surface area (Å²) in [6, 6.07) is 17.6. The van der Waals surface area contributed by atoms with E-state index in [1.54, 1.807) is 61.5 Å². The molecule has 1 unspecified atom stereocenters. The Balaban J connectivity index is 1.69. The van der Waals surface area contributed by atoms with Crippen LogP contribution in [0.5, 0.6) is 11.5 Å². The Labute approximate surface area is 234 Å². The molecular formula is C27H22Cl2N6O4. The Kier molecular flexibility index (Phi) is 8.34.